The van der Waals surface area contributed by atoms with Crippen molar-refractivity contribution in [3.05, 3.63) is 0 Å². The van der Waals surface area contributed by atoms with Crippen molar-refractivity contribution in [3.63, 3.8) is 0 Å². The topological polar surface area (TPSA) is 208 Å². The third kappa shape index (κ3) is 9.28. The molecule has 8 N–H and O–H groups in total. The molecule has 28 heavy (non-hydrogen) atoms. The van der Waals surface area contributed by atoms with Crippen LogP contribution in [0.15, 0.2) is 0 Å². The number of nitrogens with one attached hydrogen (secondary N) is 3. The Labute approximate surface area is 161 Å². The maximum absolute atomic E-state index is 12.4. The van der Waals surface area contributed by atoms with Crippen LogP contribution in [0.1, 0.15) is 33.6 Å². The molecule has 160 valence electrons. The Morgan fingerprint density at radius 3 is 1.82 bits per heavy atom. The van der Waals surface area contributed by atoms with Crippen molar-refractivity contribution < 1.29 is 39.3 Å². The number of hydrogen-bond donors (Lipinski definition) is 7. The molecule has 0 radical (unpaired) electrons. The summed E-state index contributed by atoms with van der Waals surface area (Å²) in [6.45, 7) is 4.24. The zero-order chi connectivity index (χ0) is 22.0. The predicted octanol–water partition coefficient (Wildman–Crippen LogP) is -2.61. The SMILES string of the molecule is CC(C)CC(NC(=O)C(CC(=O)O)NC(=O)C(NC(=O)CN)C(C)O)C(=O)O. The van der Waals surface area contributed by atoms with E-state index in [-0.39, 0.29) is 12.3 Å². The monoisotopic (exact) mass is 404 g/mol. The normalized spacial score (nSPS) is 15.1. The maximum Gasteiger partial charge on any atom is 0.326 e. The summed E-state index contributed by atoms with van der Waals surface area (Å²) in [5, 5.41) is 34.3. The first kappa shape index (κ1) is 25.3. The molecule has 0 aromatic carbocycles. The number of carboxylic acid groups (broad SMARTS) is 2. The van der Waals surface area contributed by atoms with Crippen LogP contribution in [-0.4, -0.2) is 75.8 Å². The van der Waals surface area contributed by atoms with Gasteiger partial charge in [0.1, 0.15) is 18.1 Å². The molecule has 0 aliphatic carbocycles. The first-order chi connectivity index (χ1) is 12.9. The van der Waals surface area contributed by atoms with Crippen LogP contribution >= 0.6 is 0 Å². The fourth-order valence-corrected chi connectivity index (χ4v) is 2.25. The van der Waals surface area contributed by atoms with Crippen molar-refractivity contribution in [1.82, 2.24) is 16.0 Å². The van der Waals surface area contributed by atoms with Crippen LogP contribution in [-0.2, 0) is 24.0 Å². The van der Waals surface area contributed by atoms with Gasteiger partial charge < -0.3 is 37.0 Å². The predicted molar refractivity (Wildman–Crippen MR) is 95.9 cm³/mol. The maximum atomic E-state index is 12.4. The molecule has 0 spiro atoms. The second-order valence-electron chi connectivity index (χ2n) is 6.68. The zero-order valence-corrected chi connectivity index (χ0v) is 16.0. The lowest BCUT2D eigenvalue weighted by molar-refractivity contribution is -0.144. The Hall–Kier alpha value is -2.73. The van der Waals surface area contributed by atoms with Crippen LogP contribution < -0.4 is 21.7 Å². The molecule has 12 nitrogen and oxygen atoms in total. The molecule has 0 saturated heterocycles. The van der Waals surface area contributed by atoms with E-state index in [0.717, 1.165) is 0 Å². The Morgan fingerprint density at radius 1 is 0.893 bits per heavy atom. The van der Waals surface area contributed by atoms with E-state index in [1.807, 2.05) is 0 Å². The van der Waals surface area contributed by atoms with E-state index in [0.29, 0.717) is 0 Å². The summed E-state index contributed by atoms with van der Waals surface area (Å²) in [6, 6.07) is -4.37. The molecule has 0 heterocycles. The van der Waals surface area contributed by atoms with Crippen LogP contribution in [0, 0.1) is 5.92 Å². The largest absolute Gasteiger partial charge is 0.481 e. The molecule has 0 fully saturated rings. The van der Waals surface area contributed by atoms with E-state index in [1.54, 1.807) is 13.8 Å². The number of carbonyl (C=O) groups excluding carboxylic acids is 3. The van der Waals surface area contributed by atoms with Crippen molar-refractivity contribution >= 4 is 29.7 Å². The molecular formula is C16H28N4O8. The smallest absolute Gasteiger partial charge is 0.326 e. The number of aliphatic hydroxyl groups excluding tert-OH is 1. The number of nitrogens with two attached hydrogens (primary N) is 1. The summed E-state index contributed by atoms with van der Waals surface area (Å²) in [4.78, 5) is 58.4. The molecule has 0 bridgehead atoms. The molecule has 0 saturated carbocycles. The van der Waals surface area contributed by atoms with Gasteiger partial charge in [0.25, 0.3) is 0 Å². The highest BCUT2D eigenvalue weighted by Crippen LogP contribution is 2.06. The van der Waals surface area contributed by atoms with Crippen molar-refractivity contribution in [2.75, 3.05) is 6.54 Å². The first-order valence-corrected chi connectivity index (χ1v) is 8.61. The Balaban J connectivity index is 5.35. The fraction of sp³-hybridized carbons (Fsp3) is 0.688. The van der Waals surface area contributed by atoms with Crippen LogP contribution in [0.4, 0.5) is 0 Å². The van der Waals surface area contributed by atoms with Gasteiger partial charge in [0, 0.05) is 0 Å². The summed E-state index contributed by atoms with van der Waals surface area (Å²) in [6.07, 6.45) is -2.10. The summed E-state index contributed by atoms with van der Waals surface area (Å²) in [7, 11) is 0. The van der Waals surface area contributed by atoms with Crippen molar-refractivity contribution in [1.29, 1.82) is 0 Å². The van der Waals surface area contributed by atoms with E-state index < -0.39 is 66.9 Å². The number of carbonyl (C=O) groups is 5. The minimum absolute atomic E-state index is 0.0694. The van der Waals surface area contributed by atoms with E-state index in [2.05, 4.69) is 16.0 Å². The third-order valence-electron chi connectivity index (χ3n) is 3.60. The molecule has 0 aliphatic heterocycles. The molecule has 0 rings (SSSR count). The summed E-state index contributed by atoms with van der Waals surface area (Å²) >= 11 is 0. The summed E-state index contributed by atoms with van der Waals surface area (Å²) in [5.41, 5.74) is 5.14. The van der Waals surface area contributed by atoms with Gasteiger partial charge in [-0.15, -0.1) is 0 Å². The second-order valence-corrected chi connectivity index (χ2v) is 6.68. The Kier molecular flexibility index (Phi) is 10.7. The minimum atomic E-state index is -1.62. The molecule has 0 aromatic heterocycles. The van der Waals surface area contributed by atoms with Gasteiger partial charge in [0.15, 0.2) is 0 Å². The van der Waals surface area contributed by atoms with Crippen LogP contribution in [0.5, 0.6) is 0 Å². The first-order valence-electron chi connectivity index (χ1n) is 8.61. The summed E-state index contributed by atoms with van der Waals surface area (Å²) in [5.74, 6) is -5.58. The number of hydrogen-bond acceptors (Lipinski definition) is 7. The highest BCUT2D eigenvalue weighted by Gasteiger charge is 2.32. The highest BCUT2D eigenvalue weighted by molar-refractivity contribution is 5.95. The van der Waals surface area contributed by atoms with Crippen molar-refractivity contribution in [2.24, 2.45) is 11.7 Å². The van der Waals surface area contributed by atoms with Gasteiger partial charge in [-0.2, -0.15) is 0 Å². The molecule has 3 amide bonds. The van der Waals surface area contributed by atoms with Gasteiger partial charge in [-0.25, -0.2) is 4.79 Å². The second kappa shape index (κ2) is 11.9. The Morgan fingerprint density at radius 2 is 1.43 bits per heavy atom. The highest BCUT2D eigenvalue weighted by atomic mass is 16.4. The van der Waals surface area contributed by atoms with Crippen LogP contribution in [0.2, 0.25) is 0 Å². The van der Waals surface area contributed by atoms with Gasteiger partial charge in [0.05, 0.1) is 19.1 Å². The lowest BCUT2D eigenvalue weighted by Gasteiger charge is -2.25. The average molecular weight is 404 g/mol. The minimum Gasteiger partial charge on any atom is -0.481 e. The number of amides is 3. The third-order valence-corrected chi connectivity index (χ3v) is 3.60. The van der Waals surface area contributed by atoms with Gasteiger partial charge in [-0.3, -0.25) is 19.2 Å². The zero-order valence-electron chi connectivity index (χ0n) is 16.0. The molecule has 12 heteroatoms. The van der Waals surface area contributed by atoms with E-state index in [9.17, 15) is 34.2 Å². The lowest BCUT2D eigenvalue weighted by atomic mass is 10.0. The van der Waals surface area contributed by atoms with Gasteiger partial charge >= 0.3 is 11.9 Å². The van der Waals surface area contributed by atoms with Gasteiger partial charge in [0.2, 0.25) is 17.7 Å². The quantitative estimate of drug-likeness (QED) is 0.181. The molecule has 4 unspecified atom stereocenters. The van der Waals surface area contributed by atoms with Crippen molar-refractivity contribution in [2.45, 2.75) is 57.8 Å². The summed E-state index contributed by atoms with van der Waals surface area (Å²) < 4.78 is 0. The van der Waals surface area contributed by atoms with Crippen LogP contribution in [0.3, 0.4) is 0 Å². The average Bonchev–Trinajstić information content (AvgIpc) is 2.56. The van der Waals surface area contributed by atoms with E-state index >= 15 is 0 Å². The number of aliphatic carboxylic acids is 2. The fourth-order valence-electron chi connectivity index (χ4n) is 2.25. The number of carboxylic acids is 2. The number of aliphatic hydroxyl groups is 1. The molecule has 4 atom stereocenters. The van der Waals surface area contributed by atoms with E-state index in [4.69, 9.17) is 10.8 Å². The number of rotatable bonds is 12. The molecule has 0 aromatic rings. The standard InChI is InChI=1S/C16H28N4O8/c1-7(2)4-10(16(27)28)19-14(25)9(5-12(23)24)18-15(26)13(8(3)21)20-11(22)6-17/h7-10,13,21H,4-6,17H2,1-3H3,(H,18,26)(H,19,25)(H,20,22)(H,23,24)(H,27,28). The lowest BCUT2D eigenvalue weighted by Crippen LogP contribution is -2.59. The van der Waals surface area contributed by atoms with Crippen LogP contribution in [0.25, 0.3) is 0 Å². The molecule has 0 aliphatic rings. The molecular weight excluding hydrogens is 376 g/mol. The van der Waals surface area contributed by atoms with Gasteiger partial charge in [-0.05, 0) is 19.3 Å². The Bertz CT molecular complexity index is 593. The van der Waals surface area contributed by atoms with Crippen molar-refractivity contribution in [3.8, 4) is 0 Å². The van der Waals surface area contributed by atoms with E-state index in [1.165, 1.54) is 6.92 Å². The van der Waals surface area contributed by atoms with Gasteiger partial charge in [-0.1, -0.05) is 13.8 Å².